The van der Waals surface area contributed by atoms with Crippen LogP contribution in [0.5, 0.6) is 0 Å². The number of hydrogen-bond acceptors (Lipinski definition) is 5. The lowest BCUT2D eigenvalue weighted by Gasteiger charge is -2.25. The molecule has 1 aliphatic heterocycles. The van der Waals surface area contributed by atoms with Gasteiger partial charge < -0.3 is 16.0 Å². The first-order chi connectivity index (χ1) is 9.54. The Bertz CT molecular complexity index is 501. The zero-order chi connectivity index (χ0) is 14.3. The molecule has 0 aromatic carbocycles. The first kappa shape index (κ1) is 13.7. The standard InChI is InChI=1S/C14H22N4OS/c1-8-6-18(7-9(8)2)13(19)11-12(15)17-14(20-11)16-10-4-3-5-10/h8-10H,3-7,15H2,1-2H3,(H,16,17). The molecule has 0 radical (unpaired) electrons. The van der Waals surface area contributed by atoms with Crippen LogP contribution in [0, 0.1) is 11.8 Å². The molecule has 3 rings (SSSR count). The molecule has 1 amide bonds. The summed E-state index contributed by atoms with van der Waals surface area (Å²) in [7, 11) is 0. The minimum absolute atomic E-state index is 0.0397. The van der Waals surface area contributed by atoms with Crippen LogP contribution in [0.2, 0.25) is 0 Å². The molecule has 2 aliphatic rings. The van der Waals surface area contributed by atoms with Crippen molar-refractivity contribution in [1.82, 2.24) is 9.88 Å². The van der Waals surface area contributed by atoms with Gasteiger partial charge in [-0.2, -0.15) is 0 Å². The second-order valence-corrected chi connectivity index (χ2v) is 7.17. The first-order valence-electron chi connectivity index (χ1n) is 7.36. The molecule has 1 saturated carbocycles. The van der Waals surface area contributed by atoms with Gasteiger partial charge in [0.25, 0.3) is 5.91 Å². The first-order valence-corrected chi connectivity index (χ1v) is 8.18. The van der Waals surface area contributed by atoms with Gasteiger partial charge in [0, 0.05) is 19.1 Å². The van der Waals surface area contributed by atoms with Gasteiger partial charge in [-0.1, -0.05) is 25.2 Å². The molecular formula is C14H22N4OS. The third kappa shape index (κ3) is 2.49. The van der Waals surface area contributed by atoms with Crippen molar-refractivity contribution in [2.75, 3.05) is 24.1 Å². The van der Waals surface area contributed by atoms with E-state index in [0.29, 0.717) is 28.6 Å². The molecule has 20 heavy (non-hydrogen) atoms. The summed E-state index contributed by atoms with van der Waals surface area (Å²) in [5.41, 5.74) is 5.93. The Kier molecular flexibility index (Phi) is 3.58. The molecular weight excluding hydrogens is 272 g/mol. The summed E-state index contributed by atoms with van der Waals surface area (Å²) in [5.74, 6) is 1.52. The van der Waals surface area contributed by atoms with Crippen LogP contribution < -0.4 is 11.1 Å². The van der Waals surface area contributed by atoms with Gasteiger partial charge in [-0.3, -0.25) is 4.79 Å². The van der Waals surface area contributed by atoms with Gasteiger partial charge >= 0.3 is 0 Å². The number of carbonyl (C=O) groups excluding carboxylic acids is 1. The summed E-state index contributed by atoms with van der Waals surface area (Å²) in [4.78, 5) is 19.3. The van der Waals surface area contributed by atoms with Crippen molar-refractivity contribution in [3.8, 4) is 0 Å². The number of nitrogen functional groups attached to an aromatic ring is 1. The summed E-state index contributed by atoms with van der Waals surface area (Å²) in [5, 5.41) is 4.15. The maximum Gasteiger partial charge on any atom is 0.267 e. The minimum Gasteiger partial charge on any atom is -0.382 e. The second kappa shape index (κ2) is 5.24. The Hall–Kier alpha value is -1.30. The van der Waals surface area contributed by atoms with Crippen molar-refractivity contribution in [3.63, 3.8) is 0 Å². The zero-order valence-corrected chi connectivity index (χ0v) is 12.9. The number of rotatable bonds is 3. The number of carbonyl (C=O) groups is 1. The predicted octanol–water partition coefficient (Wildman–Crippen LogP) is 2.42. The van der Waals surface area contributed by atoms with E-state index in [1.54, 1.807) is 0 Å². The van der Waals surface area contributed by atoms with E-state index in [-0.39, 0.29) is 5.91 Å². The fraction of sp³-hybridized carbons (Fsp3) is 0.714. The number of nitrogens with two attached hydrogens (primary N) is 1. The lowest BCUT2D eigenvalue weighted by molar-refractivity contribution is 0.0790. The Morgan fingerprint density at radius 2 is 2.00 bits per heavy atom. The monoisotopic (exact) mass is 294 g/mol. The van der Waals surface area contributed by atoms with Crippen molar-refractivity contribution in [2.24, 2.45) is 11.8 Å². The van der Waals surface area contributed by atoms with E-state index in [1.165, 1.54) is 30.6 Å². The fourth-order valence-corrected chi connectivity index (χ4v) is 3.64. The van der Waals surface area contributed by atoms with Gasteiger partial charge in [0.2, 0.25) is 0 Å². The van der Waals surface area contributed by atoms with Gasteiger partial charge in [-0.15, -0.1) is 0 Å². The minimum atomic E-state index is 0.0397. The number of amides is 1. The van der Waals surface area contributed by atoms with Gasteiger partial charge in [-0.25, -0.2) is 4.98 Å². The Labute approximate surface area is 123 Å². The Balaban J connectivity index is 1.71. The SMILES string of the molecule is CC1CN(C(=O)c2sc(NC3CCC3)nc2N)CC1C. The van der Waals surface area contributed by atoms with Crippen LogP contribution in [0.15, 0.2) is 0 Å². The molecule has 6 heteroatoms. The van der Waals surface area contributed by atoms with Crippen molar-refractivity contribution in [1.29, 1.82) is 0 Å². The van der Waals surface area contributed by atoms with Crippen LogP contribution in [-0.4, -0.2) is 34.9 Å². The smallest absolute Gasteiger partial charge is 0.267 e. The molecule has 1 saturated heterocycles. The maximum absolute atomic E-state index is 12.5. The lowest BCUT2D eigenvalue weighted by Crippen LogP contribution is -2.28. The summed E-state index contributed by atoms with van der Waals surface area (Å²) in [6.45, 7) is 6.03. The van der Waals surface area contributed by atoms with Crippen LogP contribution in [-0.2, 0) is 0 Å². The van der Waals surface area contributed by atoms with Crippen molar-refractivity contribution >= 4 is 28.2 Å². The third-order valence-electron chi connectivity index (χ3n) is 4.56. The highest BCUT2D eigenvalue weighted by atomic mass is 32.1. The highest BCUT2D eigenvalue weighted by molar-refractivity contribution is 7.18. The van der Waals surface area contributed by atoms with Crippen LogP contribution in [0.25, 0.3) is 0 Å². The van der Waals surface area contributed by atoms with Gasteiger partial charge in [0.05, 0.1) is 0 Å². The second-order valence-electron chi connectivity index (χ2n) is 6.17. The molecule has 2 fully saturated rings. The van der Waals surface area contributed by atoms with E-state index >= 15 is 0 Å². The fourth-order valence-electron chi connectivity index (χ4n) is 2.71. The molecule has 2 unspecified atom stereocenters. The van der Waals surface area contributed by atoms with Gasteiger partial charge in [-0.05, 0) is 31.1 Å². The quantitative estimate of drug-likeness (QED) is 0.898. The number of nitrogens with zero attached hydrogens (tertiary/aromatic N) is 2. The number of thiazole rings is 1. The van der Waals surface area contributed by atoms with Crippen molar-refractivity contribution < 1.29 is 4.79 Å². The van der Waals surface area contributed by atoms with Crippen LogP contribution in [0.1, 0.15) is 42.8 Å². The van der Waals surface area contributed by atoms with Gasteiger partial charge in [0.1, 0.15) is 10.7 Å². The topological polar surface area (TPSA) is 71.2 Å². The molecule has 0 bridgehead atoms. The van der Waals surface area contributed by atoms with E-state index < -0.39 is 0 Å². The largest absolute Gasteiger partial charge is 0.382 e. The molecule has 1 aromatic rings. The highest BCUT2D eigenvalue weighted by Gasteiger charge is 2.32. The van der Waals surface area contributed by atoms with Gasteiger partial charge in [0.15, 0.2) is 5.13 Å². The van der Waals surface area contributed by atoms with E-state index in [2.05, 4.69) is 24.1 Å². The molecule has 5 nitrogen and oxygen atoms in total. The molecule has 0 spiro atoms. The van der Waals surface area contributed by atoms with Crippen molar-refractivity contribution in [2.45, 2.75) is 39.2 Å². The zero-order valence-electron chi connectivity index (χ0n) is 12.1. The van der Waals surface area contributed by atoms with Crippen LogP contribution in [0.3, 0.4) is 0 Å². The predicted molar refractivity (Wildman–Crippen MR) is 82.0 cm³/mol. The van der Waals surface area contributed by atoms with E-state index in [9.17, 15) is 4.79 Å². The summed E-state index contributed by atoms with van der Waals surface area (Å²) in [6, 6.07) is 0.510. The van der Waals surface area contributed by atoms with Crippen molar-refractivity contribution in [3.05, 3.63) is 4.88 Å². The molecule has 1 aliphatic carbocycles. The average molecular weight is 294 g/mol. The highest BCUT2D eigenvalue weighted by Crippen LogP contribution is 2.32. The number of nitrogens with one attached hydrogen (secondary N) is 1. The van der Waals surface area contributed by atoms with Crippen LogP contribution in [0.4, 0.5) is 10.9 Å². The molecule has 2 atom stereocenters. The van der Waals surface area contributed by atoms with E-state index in [0.717, 1.165) is 18.2 Å². The van der Waals surface area contributed by atoms with Crippen LogP contribution >= 0.6 is 11.3 Å². The normalized spacial score (nSPS) is 26.6. The van der Waals surface area contributed by atoms with E-state index in [1.807, 2.05) is 4.90 Å². The number of hydrogen-bond donors (Lipinski definition) is 2. The summed E-state index contributed by atoms with van der Waals surface area (Å²) < 4.78 is 0. The molecule has 3 N–H and O–H groups in total. The number of likely N-dealkylation sites (tertiary alicyclic amines) is 1. The third-order valence-corrected chi connectivity index (χ3v) is 5.55. The lowest BCUT2D eigenvalue weighted by atomic mass is 9.93. The Morgan fingerprint density at radius 3 is 2.55 bits per heavy atom. The van der Waals surface area contributed by atoms with E-state index in [4.69, 9.17) is 5.73 Å². The molecule has 110 valence electrons. The molecule has 2 heterocycles. The maximum atomic E-state index is 12.5. The number of anilines is 2. The Morgan fingerprint density at radius 1 is 1.35 bits per heavy atom. The summed E-state index contributed by atoms with van der Waals surface area (Å²) >= 11 is 1.40. The average Bonchev–Trinajstić information content (AvgIpc) is 2.88. The summed E-state index contributed by atoms with van der Waals surface area (Å²) in [6.07, 6.45) is 3.64. The molecule has 1 aromatic heterocycles. The number of aromatic nitrogens is 1.